The van der Waals surface area contributed by atoms with Gasteiger partial charge in [0.15, 0.2) is 11.5 Å². The number of hydrogen-bond acceptors (Lipinski definition) is 3. The van der Waals surface area contributed by atoms with Crippen LogP contribution in [0.3, 0.4) is 0 Å². The minimum atomic E-state index is -0.712. The molecule has 5 heteroatoms. The summed E-state index contributed by atoms with van der Waals surface area (Å²) in [4.78, 5) is 27.8. The Morgan fingerprint density at radius 2 is 1.70 bits per heavy atom. The molecule has 1 aliphatic heterocycles. The molecule has 152 valence electrons. The molecule has 4 rings (SSSR count). The standard InChI is InChI=1S/C25H22ClNO3/c1-15(2)14-21(28)22-23(20-9-5-7-16-6-3-4-8-19(16)20)27(25(30)24(22)29)18-12-10-17(26)11-13-18/h3-13,15,23,29H,14H2,1-2H3. The zero-order valence-corrected chi connectivity index (χ0v) is 17.6. The van der Waals surface area contributed by atoms with E-state index in [2.05, 4.69) is 0 Å². The van der Waals surface area contributed by atoms with Gasteiger partial charge in [-0.2, -0.15) is 0 Å². The lowest BCUT2D eigenvalue weighted by Gasteiger charge is -2.28. The van der Waals surface area contributed by atoms with E-state index in [0.29, 0.717) is 10.7 Å². The number of anilines is 1. The minimum absolute atomic E-state index is 0.102. The molecule has 0 aliphatic carbocycles. The maximum Gasteiger partial charge on any atom is 0.294 e. The molecule has 0 bridgehead atoms. The Labute approximate surface area is 180 Å². The van der Waals surface area contributed by atoms with Crippen molar-refractivity contribution >= 4 is 39.8 Å². The molecule has 0 fully saturated rings. The van der Waals surface area contributed by atoms with E-state index < -0.39 is 17.7 Å². The van der Waals surface area contributed by atoms with Crippen LogP contribution in [-0.4, -0.2) is 16.8 Å². The second kappa shape index (κ2) is 7.96. The summed E-state index contributed by atoms with van der Waals surface area (Å²) in [7, 11) is 0. The molecular weight excluding hydrogens is 398 g/mol. The lowest BCUT2D eigenvalue weighted by atomic mass is 9.89. The Bertz CT molecular complexity index is 1160. The zero-order chi connectivity index (χ0) is 21.4. The number of carbonyl (C=O) groups excluding carboxylic acids is 2. The third-order valence-electron chi connectivity index (χ3n) is 5.32. The van der Waals surface area contributed by atoms with Crippen molar-refractivity contribution < 1.29 is 14.7 Å². The molecule has 3 aromatic carbocycles. The maximum atomic E-state index is 13.1. The van der Waals surface area contributed by atoms with Gasteiger partial charge in [0.2, 0.25) is 0 Å². The van der Waals surface area contributed by atoms with Crippen LogP contribution in [0.5, 0.6) is 0 Å². The number of amides is 1. The average Bonchev–Trinajstić information content (AvgIpc) is 2.98. The maximum absolute atomic E-state index is 13.1. The Morgan fingerprint density at radius 1 is 1.03 bits per heavy atom. The topological polar surface area (TPSA) is 57.6 Å². The highest BCUT2D eigenvalue weighted by molar-refractivity contribution is 6.30. The van der Waals surface area contributed by atoms with Crippen molar-refractivity contribution in [2.45, 2.75) is 26.3 Å². The van der Waals surface area contributed by atoms with Crippen molar-refractivity contribution in [3.05, 3.63) is 88.6 Å². The van der Waals surface area contributed by atoms with Crippen LogP contribution in [0.2, 0.25) is 5.02 Å². The number of hydrogen-bond donors (Lipinski definition) is 1. The molecule has 0 saturated carbocycles. The molecule has 0 aromatic heterocycles. The first kappa shape index (κ1) is 20.2. The summed E-state index contributed by atoms with van der Waals surface area (Å²) >= 11 is 6.03. The second-order valence-corrected chi connectivity index (χ2v) is 8.34. The van der Waals surface area contributed by atoms with Crippen molar-refractivity contribution in [3.63, 3.8) is 0 Å². The summed E-state index contributed by atoms with van der Waals surface area (Å²) in [5, 5.41) is 13.2. The van der Waals surface area contributed by atoms with Crippen LogP contribution in [0.25, 0.3) is 10.8 Å². The summed E-state index contributed by atoms with van der Waals surface area (Å²) < 4.78 is 0. The molecule has 1 aliphatic rings. The van der Waals surface area contributed by atoms with Gasteiger partial charge in [-0.3, -0.25) is 14.5 Å². The fourth-order valence-electron chi connectivity index (χ4n) is 4.02. The zero-order valence-electron chi connectivity index (χ0n) is 16.8. The van der Waals surface area contributed by atoms with Crippen LogP contribution < -0.4 is 4.90 Å². The highest BCUT2D eigenvalue weighted by Crippen LogP contribution is 2.43. The van der Waals surface area contributed by atoms with Gasteiger partial charge in [-0.25, -0.2) is 0 Å². The Hall–Kier alpha value is -3.11. The number of fused-ring (bicyclic) bond motifs is 1. The van der Waals surface area contributed by atoms with E-state index in [1.165, 1.54) is 4.90 Å². The summed E-state index contributed by atoms with van der Waals surface area (Å²) in [5.74, 6) is -1.17. The van der Waals surface area contributed by atoms with Crippen LogP contribution in [0.15, 0.2) is 78.1 Å². The Kier molecular flexibility index (Phi) is 5.35. The molecule has 1 atom stereocenters. The first-order valence-corrected chi connectivity index (χ1v) is 10.3. The van der Waals surface area contributed by atoms with Crippen molar-refractivity contribution in [1.29, 1.82) is 0 Å². The largest absolute Gasteiger partial charge is 0.503 e. The average molecular weight is 420 g/mol. The number of ketones is 1. The molecule has 0 radical (unpaired) electrons. The Balaban J connectivity index is 1.94. The highest BCUT2D eigenvalue weighted by atomic mass is 35.5. The molecule has 0 spiro atoms. The van der Waals surface area contributed by atoms with Crippen LogP contribution >= 0.6 is 11.6 Å². The molecule has 30 heavy (non-hydrogen) atoms. The van der Waals surface area contributed by atoms with Gasteiger partial charge < -0.3 is 5.11 Å². The first-order valence-electron chi connectivity index (χ1n) is 9.91. The van der Waals surface area contributed by atoms with E-state index in [1.807, 2.05) is 56.3 Å². The van der Waals surface area contributed by atoms with Gasteiger partial charge in [-0.1, -0.05) is 67.9 Å². The van der Waals surface area contributed by atoms with Crippen molar-refractivity contribution in [2.24, 2.45) is 5.92 Å². The monoisotopic (exact) mass is 419 g/mol. The number of rotatable bonds is 5. The van der Waals surface area contributed by atoms with E-state index >= 15 is 0 Å². The number of carbonyl (C=O) groups is 2. The second-order valence-electron chi connectivity index (χ2n) is 7.91. The van der Waals surface area contributed by atoms with Crippen molar-refractivity contribution in [3.8, 4) is 0 Å². The molecule has 4 nitrogen and oxygen atoms in total. The number of halogens is 1. The van der Waals surface area contributed by atoms with E-state index in [1.54, 1.807) is 24.3 Å². The molecule has 1 unspecified atom stereocenters. The quantitative estimate of drug-likeness (QED) is 0.551. The fourth-order valence-corrected chi connectivity index (χ4v) is 4.15. The lowest BCUT2D eigenvalue weighted by molar-refractivity contribution is -0.118. The van der Waals surface area contributed by atoms with Gasteiger partial charge in [-0.05, 0) is 46.5 Å². The van der Waals surface area contributed by atoms with E-state index in [-0.39, 0.29) is 23.7 Å². The molecule has 1 amide bonds. The number of nitrogens with zero attached hydrogens (tertiary/aromatic N) is 1. The molecule has 1 N–H and O–H groups in total. The number of benzene rings is 3. The minimum Gasteiger partial charge on any atom is -0.503 e. The van der Waals surface area contributed by atoms with E-state index in [0.717, 1.165) is 16.3 Å². The SMILES string of the molecule is CC(C)CC(=O)C1=C(O)C(=O)N(c2ccc(Cl)cc2)C1c1cccc2ccccc12. The van der Waals surface area contributed by atoms with Crippen molar-refractivity contribution in [1.82, 2.24) is 0 Å². The number of aliphatic hydroxyl groups is 1. The molecule has 1 heterocycles. The third-order valence-corrected chi connectivity index (χ3v) is 5.58. The van der Waals surface area contributed by atoms with Gasteiger partial charge >= 0.3 is 0 Å². The van der Waals surface area contributed by atoms with Crippen molar-refractivity contribution in [2.75, 3.05) is 4.90 Å². The van der Waals surface area contributed by atoms with E-state index in [4.69, 9.17) is 11.6 Å². The fraction of sp³-hybridized carbons (Fsp3) is 0.200. The van der Waals surface area contributed by atoms with Gasteiger partial charge in [-0.15, -0.1) is 0 Å². The van der Waals surface area contributed by atoms with E-state index in [9.17, 15) is 14.7 Å². The van der Waals surface area contributed by atoms with Crippen LogP contribution in [0.1, 0.15) is 31.9 Å². The third kappa shape index (κ3) is 3.48. The predicted molar refractivity (Wildman–Crippen MR) is 120 cm³/mol. The highest BCUT2D eigenvalue weighted by Gasteiger charge is 2.44. The number of Topliss-reactive ketones (excluding diaryl/α,β-unsaturated/α-hetero) is 1. The lowest BCUT2D eigenvalue weighted by Crippen LogP contribution is -2.31. The predicted octanol–water partition coefficient (Wildman–Crippen LogP) is 6.01. The summed E-state index contributed by atoms with van der Waals surface area (Å²) in [5.41, 5.74) is 1.52. The van der Waals surface area contributed by atoms with Gasteiger partial charge in [0.25, 0.3) is 5.91 Å². The van der Waals surface area contributed by atoms with Crippen LogP contribution in [0, 0.1) is 5.92 Å². The van der Waals surface area contributed by atoms with Gasteiger partial charge in [0, 0.05) is 17.1 Å². The van der Waals surface area contributed by atoms with Gasteiger partial charge in [0.05, 0.1) is 11.6 Å². The van der Waals surface area contributed by atoms with Gasteiger partial charge in [0.1, 0.15) is 0 Å². The van der Waals surface area contributed by atoms with Crippen LogP contribution in [0.4, 0.5) is 5.69 Å². The normalized spacial score (nSPS) is 16.7. The smallest absolute Gasteiger partial charge is 0.294 e. The molecule has 0 saturated heterocycles. The van der Waals surface area contributed by atoms with Crippen LogP contribution in [-0.2, 0) is 9.59 Å². The Morgan fingerprint density at radius 3 is 2.40 bits per heavy atom. The molecular formula is C25H22ClNO3. The summed E-state index contributed by atoms with van der Waals surface area (Å²) in [6.45, 7) is 3.88. The summed E-state index contributed by atoms with van der Waals surface area (Å²) in [6.07, 6.45) is 0.252. The first-order chi connectivity index (χ1) is 14.4. The number of aliphatic hydroxyl groups excluding tert-OH is 1. The molecule has 3 aromatic rings. The summed E-state index contributed by atoms with van der Waals surface area (Å²) in [6, 6.07) is 19.7.